The van der Waals surface area contributed by atoms with Crippen molar-refractivity contribution < 1.29 is 22.5 Å². The Balaban J connectivity index is 1.66. The van der Waals surface area contributed by atoms with E-state index in [9.17, 15) is 13.2 Å². The Labute approximate surface area is 135 Å². The number of oxime groups is 1. The molecule has 9 heteroatoms. The van der Waals surface area contributed by atoms with Gasteiger partial charge >= 0.3 is 12.1 Å². The third-order valence-electron chi connectivity index (χ3n) is 3.63. The van der Waals surface area contributed by atoms with Crippen molar-refractivity contribution in [1.29, 1.82) is 0 Å². The molecule has 128 valence electrons. The zero-order chi connectivity index (χ0) is 17.2. The number of hydrogen-bond acceptors (Lipinski definition) is 6. The Morgan fingerprint density at radius 1 is 1.29 bits per heavy atom. The molecule has 6 nitrogen and oxygen atoms in total. The quantitative estimate of drug-likeness (QED) is 0.801. The Hall–Kier alpha value is -2.42. The van der Waals surface area contributed by atoms with E-state index in [0.717, 1.165) is 37.3 Å². The van der Waals surface area contributed by atoms with Crippen molar-refractivity contribution in [2.45, 2.75) is 19.1 Å². The van der Waals surface area contributed by atoms with Crippen LogP contribution in [0.3, 0.4) is 0 Å². The highest BCUT2D eigenvalue weighted by atomic mass is 19.4. The second-order valence-corrected chi connectivity index (χ2v) is 5.42. The van der Waals surface area contributed by atoms with E-state index in [0.29, 0.717) is 5.56 Å². The smallest absolute Gasteiger partial charge is 0.399 e. The van der Waals surface area contributed by atoms with Gasteiger partial charge in [-0.1, -0.05) is 34.6 Å². The molecule has 0 aliphatic carbocycles. The van der Waals surface area contributed by atoms with Gasteiger partial charge in [0.05, 0.1) is 5.71 Å². The molecule has 0 N–H and O–H groups in total. The number of rotatable bonds is 4. The fourth-order valence-electron chi connectivity index (χ4n) is 2.52. The lowest BCUT2D eigenvalue weighted by Crippen LogP contribution is -2.20. The normalized spacial score (nSPS) is 17.6. The molecule has 0 saturated carbocycles. The van der Waals surface area contributed by atoms with Gasteiger partial charge in [-0.05, 0) is 5.56 Å². The number of alkyl halides is 3. The molecule has 0 spiro atoms. The zero-order valence-corrected chi connectivity index (χ0v) is 12.9. The molecular weight excluding hydrogens is 325 g/mol. The van der Waals surface area contributed by atoms with E-state index in [2.05, 4.69) is 24.7 Å². The Morgan fingerprint density at radius 3 is 2.67 bits per heavy atom. The molecule has 1 fully saturated rings. The molecule has 1 aliphatic heterocycles. The summed E-state index contributed by atoms with van der Waals surface area (Å²) in [6, 6.07) is 7.04. The van der Waals surface area contributed by atoms with Crippen molar-refractivity contribution >= 4 is 5.71 Å². The largest absolute Gasteiger partial charge is 0.471 e. The molecule has 24 heavy (non-hydrogen) atoms. The van der Waals surface area contributed by atoms with Gasteiger partial charge in [0.25, 0.3) is 0 Å². The molecule has 3 rings (SSSR count). The van der Waals surface area contributed by atoms with Crippen LogP contribution in [0, 0.1) is 0 Å². The van der Waals surface area contributed by atoms with Crippen LogP contribution in [0.25, 0.3) is 11.4 Å². The second kappa shape index (κ2) is 6.60. The molecule has 1 saturated heterocycles. The van der Waals surface area contributed by atoms with E-state index in [-0.39, 0.29) is 5.82 Å². The predicted molar refractivity (Wildman–Crippen MR) is 79.1 cm³/mol. The fraction of sp³-hybridized carbons (Fsp3) is 0.400. The molecule has 2 aromatic rings. The molecular formula is C15H15F3N4O2. The third-order valence-corrected chi connectivity index (χ3v) is 3.63. The summed E-state index contributed by atoms with van der Waals surface area (Å²) in [6.07, 6.45) is -3.77. The minimum Gasteiger partial charge on any atom is -0.399 e. The number of benzene rings is 1. The number of nitrogens with zero attached hydrogens (tertiary/aromatic N) is 4. The van der Waals surface area contributed by atoms with Gasteiger partial charge in [-0.25, -0.2) is 0 Å². The number of likely N-dealkylation sites (tertiary alicyclic amines) is 1. The van der Waals surface area contributed by atoms with E-state index in [4.69, 9.17) is 4.84 Å². The Kier molecular flexibility index (Phi) is 4.52. The van der Waals surface area contributed by atoms with Crippen molar-refractivity contribution in [3.8, 4) is 11.4 Å². The number of halogens is 3. The summed E-state index contributed by atoms with van der Waals surface area (Å²) in [7, 11) is 1.52. The van der Waals surface area contributed by atoms with Gasteiger partial charge in [0.15, 0.2) is 0 Å². The molecule has 0 unspecified atom stereocenters. The lowest BCUT2D eigenvalue weighted by molar-refractivity contribution is -0.159. The summed E-state index contributed by atoms with van der Waals surface area (Å²) in [4.78, 5) is 10.4. The van der Waals surface area contributed by atoms with Crippen LogP contribution >= 0.6 is 0 Å². The number of aromatic nitrogens is 2. The van der Waals surface area contributed by atoms with Crippen molar-refractivity contribution in [2.75, 3.05) is 20.2 Å². The lowest BCUT2D eigenvalue weighted by Gasteiger charge is -2.13. The summed E-state index contributed by atoms with van der Waals surface area (Å²) in [5.41, 5.74) is 2.51. The van der Waals surface area contributed by atoms with Crippen LogP contribution in [0.2, 0.25) is 0 Å². The van der Waals surface area contributed by atoms with Gasteiger partial charge in [-0.2, -0.15) is 18.2 Å². The van der Waals surface area contributed by atoms with Gasteiger partial charge in [-0.3, -0.25) is 4.90 Å². The topological polar surface area (TPSA) is 63.8 Å². The molecule has 0 atom stereocenters. The fourth-order valence-corrected chi connectivity index (χ4v) is 2.52. The summed E-state index contributed by atoms with van der Waals surface area (Å²) >= 11 is 0. The third kappa shape index (κ3) is 3.73. The van der Waals surface area contributed by atoms with E-state index < -0.39 is 12.1 Å². The highest BCUT2D eigenvalue weighted by Crippen LogP contribution is 2.29. The Morgan fingerprint density at radius 2 is 2.04 bits per heavy atom. The van der Waals surface area contributed by atoms with Gasteiger partial charge in [0, 0.05) is 31.6 Å². The SMILES string of the molecule is CON=C1CCN(Cc2ccc(-c3noc(C(F)(F)F)n3)cc2)C1. The summed E-state index contributed by atoms with van der Waals surface area (Å²) < 4.78 is 41.7. The number of hydrogen-bond donors (Lipinski definition) is 0. The van der Waals surface area contributed by atoms with Crippen LogP contribution in [0.1, 0.15) is 17.9 Å². The maximum Gasteiger partial charge on any atom is 0.471 e. The summed E-state index contributed by atoms with van der Waals surface area (Å²) in [5.74, 6) is -1.42. The standard InChI is InChI=1S/C15H15F3N4O2/c1-23-20-12-6-7-22(9-12)8-10-2-4-11(5-3-10)13-19-14(24-21-13)15(16,17)18/h2-5H,6-9H2,1H3. The predicted octanol–water partition coefficient (Wildman–Crippen LogP) is 2.96. The maximum absolute atomic E-state index is 12.5. The highest BCUT2D eigenvalue weighted by molar-refractivity contribution is 5.87. The first kappa shape index (κ1) is 16.4. The van der Waals surface area contributed by atoms with Crippen LogP contribution in [-0.2, 0) is 17.6 Å². The van der Waals surface area contributed by atoms with E-state index in [1.807, 2.05) is 12.1 Å². The first-order chi connectivity index (χ1) is 11.5. The molecule has 0 amide bonds. The van der Waals surface area contributed by atoms with Crippen LogP contribution in [-0.4, -0.2) is 41.0 Å². The first-order valence-corrected chi connectivity index (χ1v) is 7.27. The minimum absolute atomic E-state index is 0.0791. The Bertz CT molecular complexity index is 725. The van der Waals surface area contributed by atoms with Crippen molar-refractivity contribution in [3.05, 3.63) is 35.7 Å². The van der Waals surface area contributed by atoms with Gasteiger partial charge in [-0.15, -0.1) is 0 Å². The molecule has 1 aromatic heterocycles. The van der Waals surface area contributed by atoms with E-state index in [1.165, 1.54) is 7.11 Å². The molecule has 2 heterocycles. The maximum atomic E-state index is 12.5. The average molecular weight is 340 g/mol. The van der Waals surface area contributed by atoms with Crippen molar-refractivity contribution in [1.82, 2.24) is 15.0 Å². The lowest BCUT2D eigenvalue weighted by atomic mass is 10.1. The first-order valence-electron chi connectivity index (χ1n) is 7.27. The van der Waals surface area contributed by atoms with Crippen LogP contribution in [0.15, 0.2) is 33.9 Å². The molecule has 1 aliphatic rings. The minimum atomic E-state index is -4.64. The van der Waals surface area contributed by atoms with Crippen LogP contribution in [0.4, 0.5) is 13.2 Å². The van der Waals surface area contributed by atoms with E-state index >= 15 is 0 Å². The summed E-state index contributed by atoms with van der Waals surface area (Å²) in [6.45, 7) is 2.36. The van der Waals surface area contributed by atoms with Crippen LogP contribution in [0.5, 0.6) is 0 Å². The molecule has 1 aromatic carbocycles. The van der Waals surface area contributed by atoms with Gasteiger partial charge in [0.1, 0.15) is 7.11 Å². The highest BCUT2D eigenvalue weighted by Gasteiger charge is 2.38. The van der Waals surface area contributed by atoms with Gasteiger partial charge < -0.3 is 9.36 Å². The van der Waals surface area contributed by atoms with Crippen molar-refractivity contribution in [3.63, 3.8) is 0 Å². The average Bonchev–Trinajstić information content (AvgIpc) is 3.18. The zero-order valence-electron chi connectivity index (χ0n) is 12.9. The van der Waals surface area contributed by atoms with E-state index in [1.54, 1.807) is 12.1 Å². The monoisotopic (exact) mass is 340 g/mol. The summed E-state index contributed by atoms with van der Waals surface area (Å²) in [5, 5.41) is 7.32. The molecule has 0 radical (unpaired) electrons. The second-order valence-electron chi connectivity index (χ2n) is 5.42. The van der Waals surface area contributed by atoms with Crippen molar-refractivity contribution in [2.24, 2.45) is 5.16 Å². The molecule has 0 bridgehead atoms. The van der Waals surface area contributed by atoms with Crippen LogP contribution < -0.4 is 0 Å². The van der Waals surface area contributed by atoms with Gasteiger partial charge in [0.2, 0.25) is 5.82 Å².